The molecule has 0 fully saturated rings. The maximum atomic E-state index is 12.7. The summed E-state index contributed by atoms with van der Waals surface area (Å²) in [5, 5.41) is 7.16. The summed E-state index contributed by atoms with van der Waals surface area (Å²) in [5.41, 5.74) is -1.32. The third-order valence-electron chi connectivity index (χ3n) is 4.10. The van der Waals surface area contributed by atoms with Crippen LogP contribution in [0.3, 0.4) is 0 Å². The molecule has 3 N–H and O–H groups in total. The molecule has 0 radical (unpaired) electrons. The smallest absolute Gasteiger partial charge is 0.416 e. The van der Waals surface area contributed by atoms with E-state index in [0.717, 1.165) is 12.1 Å². The van der Waals surface area contributed by atoms with Crippen LogP contribution in [-0.4, -0.2) is 43.7 Å². The molecule has 0 unspecified atom stereocenters. The minimum Gasteiger partial charge on any atom is -0.495 e. The quantitative estimate of drug-likeness (QED) is 0.506. The van der Waals surface area contributed by atoms with Crippen molar-refractivity contribution in [3.05, 3.63) is 48.0 Å². The standard InChI is InChI=1S/C23H26F3N3O6/c1-22(2,3)35-21(32)28-12-19(30)27-13-20(31)29-17-11-16(9-10-18(17)33-4)34-15-7-5-14(6-8-15)23(24,25)26/h5-11H,12-13H2,1-4H3,(H,27,30)(H,28,32)(H,29,31). The summed E-state index contributed by atoms with van der Waals surface area (Å²) >= 11 is 0. The van der Waals surface area contributed by atoms with Crippen LogP contribution in [0.4, 0.5) is 23.7 Å². The van der Waals surface area contributed by atoms with E-state index in [1.165, 1.54) is 37.4 Å². The van der Waals surface area contributed by atoms with Crippen molar-refractivity contribution in [2.45, 2.75) is 32.5 Å². The van der Waals surface area contributed by atoms with Gasteiger partial charge in [0.2, 0.25) is 11.8 Å². The molecule has 9 nitrogen and oxygen atoms in total. The van der Waals surface area contributed by atoms with Gasteiger partial charge in [-0.3, -0.25) is 9.59 Å². The number of benzene rings is 2. The predicted octanol–water partition coefficient (Wildman–Crippen LogP) is 4.09. The molecule has 0 saturated heterocycles. The fourth-order valence-electron chi connectivity index (χ4n) is 2.60. The highest BCUT2D eigenvalue weighted by atomic mass is 19.4. The minimum absolute atomic E-state index is 0.158. The zero-order chi connectivity index (χ0) is 26.2. The van der Waals surface area contributed by atoms with Crippen LogP contribution in [0.15, 0.2) is 42.5 Å². The Morgan fingerprint density at radius 3 is 2.03 bits per heavy atom. The van der Waals surface area contributed by atoms with E-state index in [-0.39, 0.29) is 29.5 Å². The van der Waals surface area contributed by atoms with Crippen LogP contribution >= 0.6 is 0 Å². The van der Waals surface area contributed by atoms with E-state index < -0.39 is 41.8 Å². The summed E-state index contributed by atoms with van der Waals surface area (Å²) in [6.07, 6.45) is -5.23. The molecule has 0 saturated carbocycles. The Hall–Kier alpha value is -3.96. The topological polar surface area (TPSA) is 115 Å². The van der Waals surface area contributed by atoms with Crippen molar-refractivity contribution in [1.29, 1.82) is 0 Å². The first-order valence-electron chi connectivity index (χ1n) is 10.3. The summed E-state index contributed by atoms with van der Waals surface area (Å²) in [7, 11) is 1.38. The summed E-state index contributed by atoms with van der Waals surface area (Å²) in [6, 6.07) is 8.55. The van der Waals surface area contributed by atoms with Gasteiger partial charge in [0.1, 0.15) is 29.4 Å². The lowest BCUT2D eigenvalue weighted by molar-refractivity contribution is -0.137. The van der Waals surface area contributed by atoms with E-state index in [9.17, 15) is 27.6 Å². The zero-order valence-electron chi connectivity index (χ0n) is 19.5. The molecule has 0 aliphatic rings. The van der Waals surface area contributed by atoms with E-state index in [0.29, 0.717) is 0 Å². The monoisotopic (exact) mass is 497 g/mol. The van der Waals surface area contributed by atoms with Gasteiger partial charge >= 0.3 is 12.3 Å². The first-order valence-corrected chi connectivity index (χ1v) is 10.3. The summed E-state index contributed by atoms with van der Waals surface area (Å²) in [5.74, 6) is -0.536. The van der Waals surface area contributed by atoms with Gasteiger partial charge in [-0.15, -0.1) is 0 Å². The van der Waals surface area contributed by atoms with Gasteiger partial charge in [0.15, 0.2) is 0 Å². The molecule has 12 heteroatoms. The number of hydrogen-bond donors (Lipinski definition) is 3. The SMILES string of the molecule is COc1ccc(Oc2ccc(C(F)(F)F)cc2)cc1NC(=O)CNC(=O)CNC(=O)OC(C)(C)C. The van der Waals surface area contributed by atoms with Gasteiger partial charge in [-0.1, -0.05) is 0 Å². The number of anilines is 1. The number of halogens is 3. The second kappa shape index (κ2) is 11.4. The highest BCUT2D eigenvalue weighted by molar-refractivity contribution is 5.96. The van der Waals surface area contributed by atoms with Gasteiger partial charge < -0.3 is 30.2 Å². The molecule has 3 amide bonds. The van der Waals surface area contributed by atoms with Crippen LogP contribution in [0.25, 0.3) is 0 Å². The van der Waals surface area contributed by atoms with Crippen LogP contribution < -0.4 is 25.4 Å². The van der Waals surface area contributed by atoms with Gasteiger partial charge in [0, 0.05) is 6.07 Å². The van der Waals surface area contributed by atoms with Crippen LogP contribution in [-0.2, 0) is 20.5 Å². The molecule has 0 heterocycles. The van der Waals surface area contributed by atoms with E-state index in [1.54, 1.807) is 20.8 Å². The highest BCUT2D eigenvalue weighted by Gasteiger charge is 2.30. The van der Waals surface area contributed by atoms with Gasteiger partial charge in [-0.2, -0.15) is 13.2 Å². The number of hydrogen-bond acceptors (Lipinski definition) is 6. The van der Waals surface area contributed by atoms with Crippen molar-refractivity contribution in [3.63, 3.8) is 0 Å². The number of methoxy groups -OCH3 is 1. The molecule has 2 aromatic carbocycles. The Balaban J connectivity index is 1.93. The fourth-order valence-corrected chi connectivity index (χ4v) is 2.60. The summed E-state index contributed by atoms with van der Waals surface area (Å²) in [6.45, 7) is 4.24. The molecule has 0 aliphatic carbocycles. The first kappa shape index (κ1) is 27.3. The molecule has 190 valence electrons. The van der Waals surface area contributed by atoms with Crippen molar-refractivity contribution in [2.75, 3.05) is 25.5 Å². The van der Waals surface area contributed by atoms with Gasteiger partial charge in [0.25, 0.3) is 0 Å². The third kappa shape index (κ3) is 9.43. The molecule has 0 aromatic heterocycles. The van der Waals surface area contributed by atoms with Gasteiger partial charge in [-0.25, -0.2) is 4.79 Å². The average Bonchev–Trinajstić information content (AvgIpc) is 2.75. The van der Waals surface area contributed by atoms with Crippen molar-refractivity contribution in [2.24, 2.45) is 0 Å². The third-order valence-corrected chi connectivity index (χ3v) is 4.10. The van der Waals surface area contributed by atoms with Crippen LogP contribution in [0.5, 0.6) is 17.2 Å². The lowest BCUT2D eigenvalue weighted by atomic mass is 10.2. The number of nitrogens with one attached hydrogen (secondary N) is 3. The van der Waals surface area contributed by atoms with Crippen LogP contribution in [0, 0.1) is 0 Å². The Morgan fingerprint density at radius 1 is 0.857 bits per heavy atom. The summed E-state index contributed by atoms with van der Waals surface area (Å²) in [4.78, 5) is 35.7. The number of ether oxygens (including phenoxy) is 3. The number of alkyl halides is 3. The molecule has 0 aliphatic heterocycles. The Morgan fingerprint density at radius 2 is 1.46 bits per heavy atom. The number of amides is 3. The van der Waals surface area contributed by atoms with E-state index >= 15 is 0 Å². The summed E-state index contributed by atoms with van der Waals surface area (Å²) < 4.78 is 53.9. The zero-order valence-corrected chi connectivity index (χ0v) is 19.5. The number of carbonyl (C=O) groups excluding carboxylic acids is 3. The van der Waals surface area contributed by atoms with Crippen molar-refractivity contribution in [1.82, 2.24) is 10.6 Å². The Labute approximate surface area is 199 Å². The van der Waals surface area contributed by atoms with E-state index in [4.69, 9.17) is 14.2 Å². The molecular weight excluding hydrogens is 471 g/mol. The highest BCUT2D eigenvalue weighted by Crippen LogP contribution is 2.34. The maximum absolute atomic E-state index is 12.7. The second-order valence-corrected chi connectivity index (χ2v) is 8.17. The van der Waals surface area contributed by atoms with Crippen molar-refractivity contribution < 1.29 is 41.8 Å². The minimum atomic E-state index is -4.46. The lowest BCUT2D eigenvalue weighted by Gasteiger charge is -2.19. The predicted molar refractivity (Wildman–Crippen MR) is 120 cm³/mol. The molecule has 2 aromatic rings. The molecule has 0 spiro atoms. The normalized spacial score (nSPS) is 11.3. The number of rotatable bonds is 8. The van der Waals surface area contributed by atoms with Gasteiger partial charge in [0.05, 0.1) is 24.9 Å². The van der Waals surface area contributed by atoms with Gasteiger partial charge in [-0.05, 0) is 57.2 Å². The molecular formula is C23H26F3N3O6. The van der Waals surface area contributed by atoms with Crippen molar-refractivity contribution in [3.8, 4) is 17.2 Å². The average molecular weight is 497 g/mol. The van der Waals surface area contributed by atoms with Crippen LogP contribution in [0.1, 0.15) is 26.3 Å². The Kier molecular flexibility index (Phi) is 8.93. The first-order chi connectivity index (χ1) is 16.3. The second-order valence-electron chi connectivity index (χ2n) is 8.17. The fraction of sp³-hybridized carbons (Fsp3) is 0.348. The lowest BCUT2D eigenvalue weighted by Crippen LogP contribution is -2.41. The molecule has 35 heavy (non-hydrogen) atoms. The maximum Gasteiger partial charge on any atom is 0.416 e. The largest absolute Gasteiger partial charge is 0.495 e. The molecule has 0 atom stereocenters. The Bertz CT molecular complexity index is 1050. The van der Waals surface area contributed by atoms with E-state index in [1.807, 2.05) is 0 Å². The van der Waals surface area contributed by atoms with Crippen LogP contribution in [0.2, 0.25) is 0 Å². The van der Waals surface area contributed by atoms with Crippen molar-refractivity contribution >= 4 is 23.6 Å². The number of alkyl carbamates (subject to hydrolysis) is 1. The molecule has 2 rings (SSSR count). The molecule has 0 bridgehead atoms. The van der Waals surface area contributed by atoms with E-state index in [2.05, 4.69) is 16.0 Å². The number of carbonyl (C=O) groups is 3.